The third-order valence-corrected chi connectivity index (χ3v) is 7.17. The Hall–Kier alpha value is -2.43. The van der Waals surface area contributed by atoms with Crippen molar-refractivity contribution in [3.05, 3.63) is 85.1 Å². The van der Waals surface area contributed by atoms with E-state index in [2.05, 4.69) is 104 Å². The third kappa shape index (κ3) is 30.8. The molecule has 2 unspecified atom stereocenters. The molecule has 4 heteroatoms. The first-order valence-corrected chi connectivity index (χ1v) is 17.3. The lowest BCUT2D eigenvalue weighted by atomic mass is 10.0. The Morgan fingerprint density at radius 3 is 1.51 bits per heavy atom. The number of unbranched alkanes of at least 4 members (excludes halogenated alkanes) is 8. The van der Waals surface area contributed by atoms with Crippen molar-refractivity contribution in [3.63, 3.8) is 0 Å². The van der Waals surface area contributed by atoms with Crippen LogP contribution in [-0.2, 0) is 4.79 Å². The highest BCUT2D eigenvalue weighted by molar-refractivity contribution is 5.76. The van der Waals surface area contributed by atoms with E-state index in [9.17, 15) is 15.0 Å². The van der Waals surface area contributed by atoms with E-state index in [-0.39, 0.29) is 12.5 Å². The number of aliphatic hydroxyl groups is 2. The number of hydrogen-bond donors (Lipinski definition) is 3. The van der Waals surface area contributed by atoms with E-state index >= 15 is 0 Å². The van der Waals surface area contributed by atoms with Crippen LogP contribution in [0.25, 0.3) is 0 Å². The number of rotatable bonds is 29. The molecule has 0 aliphatic heterocycles. The molecule has 0 aromatic rings. The minimum Gasteiger partial charge on any atom is -0.394 e. The molecule has 0 aromatic carbocycles. The zero-order valence-electron chi connectivity index (χ0n) is 27.7. The molecule has 0 saturated heterocycles. The largest absolute Gasteiger partial charge is 0.394 e. The Kier molecular flexibility index (Phi) is 32.1. The molecule has 1 amide bonds. The summed E-state index contributed by atoms with van der Waals surface area (Å²) in [6.45, 7) is 4.14. The van der Waals surface area contributed by atoms with Gasteiger partial charge >= 0.3 is 0 Å². The molecule has 43 heavy (non-hydrogen) atoms. The molecule has 0 radical (unpaired) electrons. The number of carbonyl (C=O) groups is 1. The van der Waals surface area contributed by atoms with Crippen LogP contribution in [0.3, 0.4) is 0 Å². The number of allylic oxidation sites excluding steroid dienone is 14. The number of amides is 1. The van der Waals surface area contributed by atoms with E-state index < -0.39 is 12.1 Å². The van der Waals surface area contributed by atoms with Crippen molar-refractivity contribution in [1.82, 2.24) is 5.32 Å². The molecule has 0 fully saturated rings. The van der Waals surface area contributed by atoms with Gasteiger partial charge in [0.15, 0.2) is 0 Å². The second-order valence-corrected chi connectivity index (χ2v) is 11.2. The van der Waals surface area contributed by atoms with Gasteiger partial charge < -0.3 is 15.5 Å². The summed E-state index contributed by atoms with van der Waals surface area (Å²) in [5, 5.41) is 22.7. The summed E-state index contributed by atoms with van der Waals surface area (Å²) in [5.74, 6) is -0.0748. The van der Waals surface area contributed by atoms with Crippen molar-refractivity contribution in [2.24, 2.45) is 0 Å². The average Bonchev–Trinajstić information content (AvgIpc) is 3.01. The number of carbonyl (C=O) groups excluding carboxylic acids is 1. The van der Waals surface area contributed by atoms with Crippen molar-refractivity contribution in [2.75, 3.05) is 6.61 Å². The first-order valence-electron chi connectivity index (χ1n) is 17.3. The van der Waals surface area contributed by atoms with Gasteiger partial charge in [-0.25, -0.2) is 0 Å². The van der Waals surface area contributed by atoms with Gasteiger partial charge in [-0.05, 0) is 70.6 Å². The lowest BCUT2D eigenvalue weighted by Gasteiger charge is -2.22. The van der Waals surface area contributed by atoms with Gasteiger partial charge in [0.25, 0.3) is 0 Å². The van der Waals surface area contributed by atoms with Gasteiger partial charge in [-0.15, -0.1) is 0 Å². The molecule has 0 bridgehead atoms. The summed E-state index contributed by atoms with van der Waals surface area (Å²) in [6.07, 6.45) is 49.4. The van der Waals surface area contributed by atoms with Crippen LogP contribution in [0.2, 0.25) is 0 Å². The van der Waals surface area contributed by atoms with E-state index in [1.54, 1.807) is 0 Å². The number of hydrogen-bond acceptors (Lipinski definition) is 3. The second-order valence-electron chi connectivity index (χ2n) is 11.2. The fourth-order valence-corrected chi connectivity index (χ4v) is 4.51. The van der Waals surface area contributed by atoms with Crippen LogP contribution < -0.4 is 5.32 Å². The first-order chi connectivity index (χ1) is 21.2. The van der Waals surface area contributed by atoms with E-state index in [0.29, 0.717) is 12.8 Å². The van der Waals surface area contributed by atoms with Gasteiger partial charge in [-0.2, -0.15) is 0 Å². The fraction of sp³-hybridized carbons (Fsp3) is 0.615. The van der Waals surface area contributed by atoms with Crippen LogP contribution >= 0.6 is 0 Å². The highest BCUT2D eigenvalue weighted by Crippen LogP contribution is 2.11. The summed E-state index contributed by atoms with van der Waals surface area (Å²) in [7, 11) is 0. The van der Waals surface area contributed by atoms with E-state index in [1.807, 2.05) is 0 Å². The molecule has 2 atom stereocenters. The Labute approximate surface area is 265 Å². The minimum absolute atomic E-state index is 0.0748. The van der Waals surface area contributed by atoms with Crippen molar-refractivity contribution in [3.8, 4) is 0 Å². The van der Waals surface area contributed by atoms with Gasteiger partial charge in [0.1, 0.15) is 0 Å². The maximum Gasteiger partial charge on any atom is 0.220 e. The molecule has 3 N–H and O–H groups in total. The molecule has 0 heterocycles. The van der Waals surface area contributed by atoms with Crippen LogP contribution in [0.5, 0.6) is 0 Å². The van der Waals surface area contributed by atoms with Crippen molar-refractivity contribution in [2.45, 2.75) is 148 Å². The van der Waals surface area contributed by atoms with Gasteiger partial charge in [0.05, 0.1) is 18.8 Å². The van der Waals surface area contributed by atoms with Crippen LogP contribution in [0.4, 0.5) is 0 Å². The predicted molar refractivity (Wildman–Crippen MR) is 188 cm³/mol. The Morgan fingerprint density at radius 1 is 0.581 bits per heavy atom. The van der Waals surface area contributed by atoms with Crippen LogP contribution in [0.1, 0.15) is 136 Å². The van der Waals surface area contributed by atoms with Gasteiger partial charge in [0, 0.05) is 6.42 Å². The topological polar surface area (TPSA) is 69.6 Å². The predicted octanol–water partition coefficient (Wildman–Crippen LogP) is 10.2. The number of nitrogens with one attached hydrogen (secondary N) is 1. The highest BCUT2D eigenvalue weighted by atomic mass is 16.3. The van der Waals surface area contributed by atoms with Gasteiger partial charge in [-0.3, -0.25) is 4.79 Å². The quantitative estimate of drug-likeness (QED) is 0.0595. The molecule has 0 saturated carbocycles. The molecule has 0 spiro atoms. The van der Waals surface area contributed by atoms with Crippen molar-refractivity contribution >= 4 is 5.91 Å². The van der Waals surface area contributed by atoms with Gasteiger partial charge in [-0.1, -0.05) is 144 Å². The second kappa shape index (κ2) is 34.1. The first kappa shape index (κ1) is 40.6. The van der Waals surface area contributed by atoms with Crippen LogP contribution in [-0.4, -0.2) is 34.9 Å². The summed E-state index contributed by atoms with van der Waals surface area (Å²) >= 11 is 0. The Balaban J connectivity index is 3.71. The summed E-state index contributed by atoms with van der Waals surface area (Å²) < 4.78 is 0. The lowest BCUT2D eigenvalue weighted by molar-refractivity contribution is -0.123. The van der Waals surface area contributed by atoms with Crippen molar-refractivity contribution in [1.29, 1.82) is 0 Å². The van der Waals surface area contributed by atoms with Gasteiger partial charge in [0.2, 0.25) is 5.91 Å². The Bertz CT molecular complexity index is 818. The SMILES string of the molecule is CC/C=C\C/C=C\C/C=C\C/C=C\C/C=C\C/C=C\C/C=C\CCCCCC(=O)NC(CO)C(O)CCCCCCCC. The standard InChI is InChI=1S/C39H65NO3/c1-3-5-7-9-11-12-13-14-15-16-17-18-19-20-21-22-23-24-25-26-27-28-29-31-33-35-39(43)40-37(36-41)38(42)34-32-30-10-8-6-4-2/h5,7,11-12,14-15,17-18,20-21,23-24,26-27,37-38,41-42H,3-4,6,8-10,13,16,19,22,25,28-36H2,1-2H3,(H,40,43)/b7-5-,12-11-,15-14-,18-17-,21-20-,24-23-,27-26-. The van der Waals surface area contributed by atoms with Crippen LogP contribution in [0.15, 0.2) is 85.1 Å². The molecule has 0 aliphatic carbocycles. The van der Waals surface area contributed by atoms with E-state index in [4.69, 9.17) is 0 Å². The monoisotopic (exact) mass is 595 g/mol. The van der Waals surface area contributed by atoms with Crippen molar-refractivity contribution < 1.29 is 15.0 Å². The lowest BCUT2D eigenvalue weighted by Crippen LogP contribution is -2.45. The smallest absolute Gasteiger partial charge is 0.220 e. The Morgan fingerprint density at radius 2 is 1.02 bits per heavy atom. The molecule has 4 nitrogen and oxygen atoms in total. The van der Waals surface area contributed by atoms with E-state index in [1.165, 1.54) is 25.7 Å². The summed E-state index contributed by atoms with van der Waals surface area (Å²) in [5.41, 5.74) is 0. The molecule has 0 rings (SSSR count). The number of aliphatic hydroxyl groups excluding tert-OH is 2. The summed E-state index contributed by atoms with van der Waals surface area (Å²) in [4.78, 5) is 12.2. The third-order valence-electron chi connectivity index (χ3n) is 7.17. The molecule has 244 valence electrons. The summed E-state index contributed by atoms with van der Waals surface area (Å²) in [6, 6.07) is -0.555. The molecule has 0 aromatic heterocycles. The molecule has 0 aliphatic rings. The minimum atomic E-state index is -0.675. The highest BCUT2D eigenvalue weighted by Gasteiger charge is 2.19. The van der Waals surface area contributed by atoms with Crippen LogP contribution in [0, 0.1) is 0 Å². The normalized spacial score (nSPS) is 14.2. The van der Waals surface area contributed by atoms with E-state index in [0.717, 1.165) is 83.5 Å². The molecular formula is C39H65NO3. The maximum absolute atomic E-state index is 12.2. The average molecular weight is 596 g/mol. The molecular weight excluding hydrogens is 530 g/mol. The maximum atomic E-state index is 12.2. The fourth-order valence-electron chi connectivity index (χ4n) is 4.51. The zero-order valence-corrected chi connectivity index (χ0v) is 27.7. The zero-order chi connectivity index (χ0) is 31.5.